The van der Waals surface area contributed by atoms with Gasteiger partial charge in [-0.2, -0.15) is 0 Å². The minimum absolute atomic E-state index is 0.335. The molecule has 106 valence electrons. The van der Waals surface area contributed by atoms with E-state index in [1.54, 1.807) is 7.11 Å². The summed E-state index contributed by atoms with van der Waals surface area (Å²) in [6.45, 7) is 4.04. The third-order valence-electron chi connectivity index (χ3n) is 3.79. The molecule has 0 bridgehead atoms. The summed E-state index contributed by atoms with van der Waals surface area (Å²) in [6.07, 6.45) is 5.10. The Bertz CT molecular complexity index is 375. The van der Waals surface area contributed by atoms with Crippen LogP contribution in [0.4, 0.5) is 0 Å². The Balaban J connectivity index is 1.95. The maximum absolute atomic E-state index is 5.77. The summed E-state index contributed by atoms with van der Waals surface area (Å²) in [6, 6.07) is 8.58. The van der Waals surface area contributed by atoms with Crippen molar-refractivity contribution in [2.45, 2.75) is 44.8 Å². The molecule has 1 aliphatic heterocycles. The van der Waals surface area contributed by atoms with E-state index in [0.717, 1.165) is 25.3 Å². The first-order valence-corrected chi connectivity index (χ1v) is 7.33. The lowest BCUT2D eigenvalue weighted by Gasteiger charge is -2.26. The lowest BCUT2D eigenvalue weighted by molar-refractivity contribution is 0.0152. The van der Waals surface area contributed by atoms with Gasteiger partial charge in [0.2, 0.25) is 0 Å². The standard InChI is InChI=1S/C16H25NO2/c1-3-15(14-9-4-5-10-16(14)18-2)17-12-13-8-6-7-11-19-13/h4-5,9-10,13,15,17H,3,6-8,11-12H2,1-2H3. The van der Waals surface area contributed by atoms with E-state index in [9.17, 15) is 0 Å². The second kappa shape index (κ2) is 7.51. The predicted octanol–water partition coefficient (Wildman–Crippen LogP) is 3.31. The van der Waals surface area contributed by atoms with E-state index in [0.29, 0.717) is 12.1 Å². The molecular weight excluding hydrogens is 238 g/mol. The van der Waals surface area contributed by atoms with Crippen LogP contribution in [0.3, 0.4) is 0 Å². The van der Waals surface area contributed by atoms with Crippen LogP contribution in [-0.4, -0.2) is 26.4 Å². The zero-order valence-electron chi connectivity index (χ0n) is 12.0. The Morgan fingerprint density at radius 3 is 2.89 bits per heavy atom. The van der Waals surface area contributed by atoms with Gasteiger partial charge in [0.25, 0.3) is 0 Å². The molecule has 2 atom stereocenters. The highest BCUT2D eigenvalue weighted by molar-refractivity contribution is 5.35. The summed E-state index contributed by atoms with van der Waals surface area (Å²) in [4.78, 5) is 0. The predicted molar refractivity (Wildman–Crippen MR) is 77.6 cm³/mol. The summed E-state index contributed by atoms with van der Waals surface area (Å²) >= 11 is 0. The van der Waals surface area contributed by atoms with Gasteiger partial charge in [-0.15, -0.1) is 0 Å². The number of para-hydroxylation sites is 1. The maximum atomic E-state index is 5.77. The summed E-state index contributed by atoms with van der Waals surface area (Å²) in [5, 5.41) is 3.63. The van der Waals surface area contributed by atoms with E-state index >= 15 is 0 Å². The van der Waals surface area contributed by atoms with Gasteiger partial charge in [-0.05, 0) is 31.7 Å². The molecular formula is C16H25NO2. The van der Waals surface area contributed by atoms with Crippen LogP contribution in [-0.2, 0) is 4.74 Å². The first-order valence-electron chi connectivity index (χ1n) is 7.33. The van der Waals surface area contributed by atoms with Crippen molar-refractivity contribution < 1.29 is 9.47 Å². The fraction of sp³-hybridized carbons (Fsp3) is 0.625. The third kappa shape index (κ3) is 3.95. The van der Waals surface area contributed by atoms with Crippen LogP contribution >= 0.6 is 0 Å². The monoisotopic (exact) mass is 263 g/mol. The molecule has 0 saturated carbocycles. The second-order valence-corrected chi connectivity index (χ2v) is 5.10. The number of hydrogen-bond acceptors (Lipinski definition) is 3. The number of hydrogen-bond donors (Lipinski definition) is 1. The van der Waals surface area contributed by atoms with Crippen molar-refractivity contribution in [3.05, 3.63) is 29.8 Å². The molecule has 0 amide bonds. The molecule has 1 N–H and O–H groups in total. The van der Waals surface area contributed by atoms with E-state index in [1.807, 2.05) is 12.1 Å². The molecule has 1 aromatic carbocycles. The highest BCUT2D eigenvalue weighted by atomic mass is 16.5. The molecule has 1 heterocycles. The second-order valence-electron chi connectivity index (χ2n) is 5.10. The van der Waals surface area contributed by atoms with Gasteiger partial charge in [0.1, 0.15) is 5.75 Å². The van der Waals surface area contributed by atoms with E-state index in [2.05, 4.69) is 24.4 Å². The van der Waals surface area contributed by atoms with E-state index < -0.39 is 0 Å². The Morgan fingerprint density at radius 2 is 2.21 bits per heavy atom. The largest absolute Gasteiger partial charge is 0.496 e. The van der Waals surface area contributed by atoms with E-state index in [4.69, 9.17) is 9.47 Å². The summed E-state index contributed by atoms with van der Waals surface area (Å²) in [5.41, 5.74) is 1.24. The number of nitrogens with one attached hydrogen (secondary N) is 1. The summed E-state index contributed by atoms with van der Waals surface area (Å²) in [5.74, 6) is 0.964. The molecule has 2 unspecified atom stereocenters. The molecule has 0 aromatic heterocycles. The van der Waals surface area contributed by atoms with Crippen LogP contribution in [0.1, 0.15) is 44.2 Å². The number of rotatable bonds is 6. The number of methoxy groups -OCH3 is 1. The van der Waals surface area contributed by atoms with Gasteiger partial charge in [0.05, 0.1) is 13.2 Å². The highest BCUT2D eigenvalue weighted by Gasteiger charge is 2.18. The van der Waals surface area contributed by atoms with Crippen molar-refractivity contribution in [2.75, 3.05) is 20.3 Å². The van der Waals surface area contributed by atoms with Crippen molar-refractivity contribution in [2.24, 2.45) is 0 Å². The van der Waals surface area contributed by atoms with Crippen molar-refractivity contribution in [3.63, 3.8) is 0 Å². The van der Waals surface area contributed by atoms with E-state index in [-0.39, 0.29) is 0 Å². The zero-order valence-corrected chi connectivity index (χ0v) is 12.0. The van der Waals surface area contributed by atoms with Gasteiger partial charge >= 0.3 is 0 Å². The Kier molecular flexibility index (Phi) is 5.67. The van der Waals surface area contributed by atoms with Crippen LogP contribution in [0.2, 0.25) is 0 Å². The molecule has 0 spiro atoms. The van der Waals surface area contributed by atoms with Crippen LogP contribution in [0.15, 0.2) is 24.3 Å². The SMILES string of the molecule is CCC(NCC1CCCCO1)c1ccccc1OC. The summed E-state index contributed by atoms with van der Waals surface area (Å²) in [7, 11) is 1.73. The molecule has 3 nitrogen and oxygen atoms in total. The van der Waals surface area contributed by atoms with Crippen LogP contribution < -0.4 is 10.1 Å². The van der Waals surface area contributed by atoms with Crippen LogP contribution in [0, 0.1) is 0 Å². The lowest BCUT2D eigenvalue weighted by atomic mass is 10.0. The smallest absolute Gasteiger partial charge is 0.123 e. The molecule has 1 saturated heterocycles. The highest BCUT2D eigenvalue weighted by Crippen LogP contribution is 2.27. The molecule has 3 heteroatoms. The van der Waals surface area contributed by atoms with Crippen molar-refractivity contribution in [1.82, 2.24) is 5.32 Å². The van der Waals surface area contributed by atoms with Crippen molar-refractivity contribution >= 4 is 0 Å². The summed E-state index contributed by atoms with van der Waals surface area (Å²) < 4.78 is 11.2. The Morgan fingerprint density at radius 1 is 1.37 bits per heavy atom. The molecule has 0 aliphatic carbocycles. The minimum atomic E-state index is 0.335. The fourth-order valence-electron chi connectivity index (χ4n) is 2.67. The average molecular weight is 263 g/mol. The molecule has 0 radical (unpaired) electrons. The number of ether oxygens (including phenoxy) is 2. The molecule has 2 rings (SSSR count). The van der Waals surface area contributed by atoms with Crippen molar-refractivity contribution in [1.29, 1.82) is 0 Å². The molecule has 1 aromatic rings. The quantitative estimate of drug-likeness (QED) is 0.854. The van der Waals surface area contributed by atoms with Gasteiger partial charge in [-0.1, -0.05) is 25.1 Å². The number of benzene rings is 1. The van der Waals surface area contributed by atoms with Gasteiger partial charge in [0.15, 0.2) is 0 Å². The fourth-order valence-corrected chi connectivity index (χ4v) is 2.67. The van der Waals surface area contributed by atoms with Crippen molar-refractivity contribution in [3.8, 4) is 5.75 Å². The maximum Gasteiger partial charge on any atom is 0.123 e. The van der Waals surface area contributed by atoms with Gasteiger partial charge < -0.3 is 14.8 Å². The topological polar surface area (TPSA) is 30.5 Å². The minimum Gasteiger partial charge on any atom is -0.496 e. The first-order chi connectivity index (χ1) is 9.35. The molecule has 1 fully saturated rings. The lowest BCUT2D eigenvalue weighted by Crippen LogP contribution is -2.34. The molecule has 1 aliphatic rings. The van der Waals surface area contributed by atoms with E-state index in [1.165, 1.54) is 24.8 Å². The zero-order chi connectivity index (χ0) is 13.5. The van der Waals surface area contributed by atoms with Gasteiger partial charge in [-0.3, -0.25) is 0 Å². The molecule has 19 heavy (non-hydrogen) atoms. The third-order valence-corrected chi connectivity index (χ3v) is 3.79. The normalized spacial score (nSPS) is 21.1. The Hall–Kier alpha value is -1.06. The average Bonchev–Trinajstić information content (AvgIpc) is 2.49. The Labute approximate surface area is 116 Å². The van der Waals surface area contributed by atoms with Gasteiger partial charge in [-0.25, -0.2) is 0 Å². The van der Waals surface area contributed by atoms with Gasteiger partial charge in [0, 0.05) is 24.8 Å². The first kappa shape index (κ1) is 14.4. The van der Waals surface area contributed by atoms with Crippen LogP contribution in [0.25, 0.3) is 0 Å². The van der Waals surface area contributed by atoms with Crippen LogP contribution in [0.5, 0.6) is 5.75 Å².